The van der Waals surface area contributed by atoms with E-state index in [1.54, 1.807) is 0 Å². The van der Waals surface area contributed by atoms with Gasteiger partial charge in [-0.25, -0.2) is 28.9 Å². The second-order valence-corrected chi connectivity index (χ2v) is 10.7. The lowest BCUT2D eigenvalue weighted by molar-refractivity contribution is -0.0600. The van der Waals surface area contributed by atoms with Crippen molar-refractivity contribution in [1.29, 1.82) is 0 Å². The number of ether oxygens (including phenoxy) is 2. The highest BCUT2D eigenvalue weighted by atomic mass is 31.2. The molecule has 6 heterocycles. The number of hydrogen-bond donors (Lipinski definition) is 6. The zero-order valence-corrected chi connectivity index (χ0v) is 21.7. The van der Waals surface area contributed by atoms with Crippen LogP contribution < -0.4 is 17.0 Å². The van der Waals surface area contributed by atoms with Gasteiger partial charge in [-0.1, -0.05) is 0 Å². The smallest absolute Gasteiger partial charge is 0.394 e. The van der Waals surface area contributed by atoms with E-state index in [4.69, 9.17) is 30.0 Å². The maximum absolute atomic E-state index is 15.0. The third-order valence-corrected chi connectivity index (χ3v) is 7.71. The lowest BCUT2D eigenvalue weighted by Gasteiger charge is -2.23. The number of aliphatic hydroxyl groups excluding tert-OH is 2. The van der Waals surface area contributed by atoms with Crippen LogP contribution in [0.25, 0.3) is 22.3 Å². The molecule has 19 nitrogen and oxygen atoms in total. The van der Waals surface area contributed by atoms with E-state index in [0.29, 0.717) is 0 Å². The Hall–Kier alpha value is -3.62. The third-order valence-electron chi connectivity index (χ3n) is 6.70. The number of hydrogen-bond acceptors (Lipinski definition) is 15. The van der Waals surface area contributed by atoms with Crippen molar-refractivity contribution in [2.24, 2.45) is 0 Å². The maximum atomic E-state index is 15.0. The van der Waals surface area contributed by atoms with E-state index in [2.05, 4.69) is 29.9 Å². The minimum Gasteiger partial charge on any atom is -0.394 e. The number of H-pyrrole nitrogens is 1. The molecule has 4 aromatic heterocycles. The summed E-state index contributed by atoms with van der Waals surface area (Å²) in [4.78, 5) is 44.8. The minimum atomic E-state index is -4.90. The molecule has 21 heteroatoms. The average Bonchev–Trinajstić information content (AvgIpc) is 3.69. The highest BCUT2D eigenvalue weighted by Crippen LogP contribution is 2.50. The Bertz CT molecular complexity index is 1700. The van der Waals surface area contributed by atoms with E-state index in [1.165, 1.54) is 21.8 Å². The lowest BCUT2D eigenvalue weighted by atomic mass is 10.1. The SMILES string of the molecule is Nc1nc2c(ncn2[C@@H]2O[C@H](CO)CC2OP(=O)(O)OC[C@H]2O[C@@H](n3cnc4c(N)ncnc43)[C@@H](F)C2O)c(=O)[nH]1. The Morgan fingerprint density at radius 2 is 1.85 bits per heavy atom. The van der Waals surface area contributed by atoms with E-state index in [0.717, 1.165) is 6.33 Å². The monoisotopic (exact) mass is 598 g/mol. The lowest BCUT2D eigenvalue weighted by Crippen LogP contribution is -2.31. The highest BCUT2D eigenvalue weighted by molar-refractivity contribution is 7.47. The largest absolute Gasteiger partial charge is 0.472 e. The molecule has 0 amide bonds. The van der Waals surface area contributed by atoms with Gasteiger partial charge in [0, 0.05) is 6.42 Å². The van der Waals surface area contributed by atoms with Gasteiger partial charge in [-0.15, -0.1) is 0 Å². The summed E-state index contributed by atoms with van der Waals surface area (Å²) in [6, 6.07) is 0. The molecule has 0 radical (unpaired) electrons. The molecule has 8 atom stereocenters. The molecule has 41 heavy (non-hydrogen) atoms. The van der Waals surface area contributed by atoms with Crippen LogP contribution in [0.4, 0.5) is 16.2 Å². The number of aromatic nitrogens is 8. The number of nitrogens with zero attached hydrogens (tertiary/aromatic N) is 7. The van der Waals surface area contributed by atoms with Crippen LogP contribution in [0.15, 0.2) is 23.8 Å². The summed E-state index contributed by atoms with van der Waals surface area (Å²) in [5.74, 6) is -0.137. The number of phosphoric ester groups is 1. The topological polar surface area (TPSA) is 274 Å². The van der Waals surface area contributed by atoms with Gasteiger partial charge in [-0.2, -0.15) is 4.98 Å². The van der Waals surface area contributed by atoms with E-state index in [-0.39, 0.29) is 40.5 Å². The van der Waals surface area contributed by atoms with Gasteiger partial charge in [0.2, 0.25) is 5.95 Å². The van der Waals surface area contributed by atoms with Crippen LogP contribution in [0, 0.1) is 0 Å². The van der Waals surface area contributed by atoms with Gasteiger partial charge in [-0.05, 0) is 0 Å². The number of alkyl halides is 1. The molecule has 0 saturated carbocycles. The van der Waals surface area contributed by atoms with Crippen LogP contribution >= 0.6 is 7.82 Å². The number of halogens is 1. The number of nitrogens with two attached hydrogens (primary N) is 2. The Morgan fingerprint density at radius 3 is 2.61 bits per heavy atom. The van der Waals surface area contributed by atoms with Crippen LogP contribution in [-0.2, 0) is 23.1 Å². The number of anilines is 2. The Balaban J connectivity index is 1.16. The third kappa shape index (κ3) is 4.93. The van der Waals surface area contributed by atoms with Gasteiger partial charge in [0.15, 0.2) is 41.3 Å². The van der Waals surface area contributed by atoms with Crippen molar-refractivity contribution in [3.8, 4) is 0 Å². The highest BCUT2D eigenvalue weighted by Gasteiger charge is 2.48. The van der Waals surface area contributed by atoms with Crippen LogP contribution in [0.3, 0.4) is 0 Å². The van der Waals surface area contributed by atoms with Crippen LogP contribution in [-0.4, -0.2) is 97.9 Å². The Morgan fingerprint density at radius 1 is 1.12 bits per heavy atom. The minimum absolute atomic E-state index is 0.0127. The average molecular weight is 598 g/mol. The normalized spacial score (nSPS) is 29.9. The zero-order chi connectivity index (χ0) is 29.1. The molecule has 220 valence electrons. The number of fused-ring (bicyclic) bond motifs is 2. The maximum Gasteiger partial charge on any atom is 0.472 e. The summed E-state index contributed by atoms with van der Waals surface area (Å²) in [7, 11) is -4.90. The fourth-order valence-corrected chi connectivity index (χ4v) is 5.72. The number of phosphoric acid groups is 1. The molecule has 0 spiro atoms. The van der Waals surface area contributed by atoms with Crippen molar-refractivity contribution in [3.05, 3.63) is 29.3 Å². The number of aromatic amines is 1. The van der Waals surface area contributed by atoms with Gasteiger partial charge in [0.05, 0.1) is 32.0 Å². The molecule has 8 N–H and O–H groups in total. The number of rotatable bonds is 8. The second-order valence-electron chi connectivity index (χ2n) is 9.33. The molecule has 4 aromatic rings. The standard InChI is InChI=1S/C20H24FN10O9P/c21-10-13(33)9(39-19(10)30-5-26-11-14(22)24-4-25-15(11)30)3-37-41(35,36)40-8-1-7(2-32)38-18(8)31-6-27-12-16(31)28-20(23)29-17(12)34/h4-10,13,18-19,32-33H,1-3H2,(H,35,36)(H2,22,24,25)(H3,23,28,29,34)/t7-,8?,9+,10-,13?,18+,19+/m0/s1. The van der Waals surface area contributed by atoms with E-state index in [1.807, 2.05) is 0 Å². The molecule has 0 bridgehead atoms. The summed E-state index contributed by atoms with van der Waals surface area (Å²) < 4.78 is 52.2. The Kier molecular flexibility index (Phi) is 6.94. The number of aliphatic hydroxyl groups is 2. The summed E-state index contributed by atoms with van der Waals surface area (Å²) in [6.07, 6.45) is -6.13. The molecule has 0 aliphatic carbocycles. The molecule has 3 unspecified atom stereocenters. The molecule has 2 aliphatic rings. The van der Waals surface area contributed by atoms with Crippen molar-refractivity contribution in [2.75, 3.05) is 24.7 Å². The number of nitrogens with one attached hydrogen (secondary N) is 1. The fourth-order valence-electron chi connectivity index (χ4n) is 4.79. The summed E-state index contributed by atoms with van der Waals surface area (Å²) in [5, 5.41) is 20.1. The summed E-state index contributed by atoms with van der Waals surface area (Å²) >= 11 is 0. The van der Waals surface area contributed by atoms with Crippen molar-refractivity contribution in [1.82, 2.24) is 39.0 Å². The van der Waals surface area contributed by atoms with Gasteiger partial charge in [0.1, 0.15) is 30.2 Å². The molecular formula is C20H24FN10O9P. The van der Waals surface area contributed by atoms with Crippen LogP contribution in [0.1, 0.15) is 18.9 Å². The van der Waals surface area contributed by atoms with Gasteiger partial charge >= 0.3 is 7.82 Å². The van der Waals surface area contributed by atoms with E-state index < -0.39 is 69.6 Å². The van der Waals surface area contributed by atoms with Gasteiger partial charge in [0.25, 0.3) is 5.56 Å². The second kappa shape index (κ2) is 10.3. The van der Waals surface area contributed by atoms with Crippen molar-refractivity contribution < 1.29 is 42.6 Å². The number of nitrogen functional groups attached to an aromatic ring is 2. The van der Waals surface area contributed by atoms with Crippen molar-refractivity contribution in [2.45, 2.75) is 49.5 Å². The van der Waals surface area contributed by atoms with Gasteiger partial charge < -0.3 is 36.0 Å². The molecular weight excluding hydrogens is 574 g/mol. The van der Waals surface area contributed by atoms with Crippen LogP contribution in [0.5, 0.6) is 0 Å². The molecule has 0 aromatic carbocycles. The fraction of sp³-hybridized carbons (Fsp3) is 0.500. The summed E-state index contributed by atoms with van der Waals surface area (Å²) in [5.41, 5.74) is 11.1. The molecule has 2 saturated heterocycles. The predicted octanol–water partition coefficient (Wildman–Crippen LogP) is -1.50. The zero-order valence-electron chi connectivity index (χ0n) is 20.8. The molecule has 2 fully saturated rings. The van der Waals surface area contributed by atoms with Crippen molar-refractivity contribution in [3.63, 3.8) is 0 Å². The van der Waals surface area contributed by atoms with Gasteiger partial charge in [-0.3, -0.25) is 28.0 Å². The molecule has 2 aliphatic heterocycles. The predicted molar refractivity (Wildman–Crippen MR) is 133 cm³/mol. The Labute approximate surface area is 227 Å². The quantitative estimate of drug-likeness (QED) is 0.126. The number of imidazole rings is 2. The first-order chi connectivity index (χ1) is 19.6. The van der Waals surface area contributed by atoms with E-state index in [9.17, 15) is 24.5 Å². The van der Waals surface area contributed by atoms with Crippen LogP contribution in [0.2, 0.25) is 0 Å². The summed E-state index contributed by atoms with van der Waals surface area (Å²) in [6.45, 7) is -1.19. The molecule has 6 rings (SSSR count). The van der Waals surface area contributed by atoms with E-state index >= 15 is 4.39 Å². The van der Waals surface area contributed by atoms with Crippen molar-refractivity contribution >= 4 is 41.9 Å². The first-order valence-corrected chi connectivity index (χ1v) is 13.6. The first-order valence-electron chi connectivity index (χ1n) is 12.1. The first kappa shape index (κ1) is 27.5.